The van der Waals surface area contributed by atoms with E-state index in [0.717, 1.165) is 6.54 Å². The smallest absolute Gasteiger partial charge is 0.256 e. The van der Waals surface area contributed by atoms with Gasteiger partial charge in [0.2, 0.25) is 0 Å². The van der Waals surface area contributed by atoms with Crippen LogP contribution in [0.4, 0.5) is 5.82 Å². The van der Waals surface area contributed by atoms with Crippen LogP contribution in [0, 0.1) is 6.92 Å². The second kappa shape index (κ2) is 6.06. The number of amides is 1. The Kier molecular flexibility index (Phi) is 4.42. The monoisotopic (exact) mass is 265 g/mol. The number of carbonyl (C=O) groups excluding carboxylic acids is 1. The van der Waals surface area contributed by atoms with Crippen LogP contribution in [0.25, 0.3) is 0 Å². The summed E-state index contributed by atoms with van der Waals surface area (Å²) in [5.41, 5.74) is 6.83. The highest BCUT2D eigenvalue weighted by atomic mass is 16.1. The number of anilines is 1. The van der Waals surface area contributed by atoms with Crippen LogP contribution in [0.2, 0.25) is 0 Å². The minimum atomic E-state index is -0.149. The molecule has 0 radical (unpaired) electrons. The fourth-order valence-electron chi connectivity index (χ4n) is 2.70. The number of likely N-dealkylation sites (N-methyl/N-ethyl adjacent to an activating group) is 1. The lowest BCUT2D eigenvalue weighted by molar-refractivity contribution is 0.0947. The quantitative estimate of drug-likeness (QED) is 0.738. The number of hydrogen-bond donors (Lipinski definition) is 3. The fourth-order valence-corrected chi connectivity index (χ4v) is 2.70. The summed E-state index contributed by atoms with van der Waals surface area (Å²) in [5.74, 6) is 0.114. The Hall–Kier alpha value is -1.56. The summed E-state index contributed by atoms with van der Waals surface area (Å²) >= 11 is 0. The molecular weight excluding hydrogens is 242 g/mol. The predicted molar refractivity (Wildman–Crippen MR) is 75.0 cm³/mol. The van der Waals surface area contributed by atoms with Gasteiger partial charge in [0.1, 0.15) is 5.56 Å². The molecule has 106 valence electrons. The molecule has 1 aromatic heterocycles. The number of nitrogens with one attached hydrogen (secondary N) is 2. The van der Waals surface area contributed by atoms with Gasteiger partial charge in [-0.3, -0.25) is 9.89 Å². The maximum atomic E-state index is 12.0. The van der Waals surface area contributed by atoms with Crippen molar-refractivity contribution in [2.75, 3.05) is 25.9 Å². The molecule has 1 fully saturated rings. The molecule has 1 aromatic rings. The number of rotatable bonds is 5. The van der Waals surface area contributed by atoms with Gasteiger partial charge in [-0.05, 0) is 26.8 Å². The molecule has 1 aliphatic carbocycles. The maximum absolute atomic E-state index is 12.0. The summed E-state index contributed by atoms with van der Waals surface area (Å²) < 4.78 is 0. The van der Waals surface area contributed by atoms with Gasteiger partial charge < -0.3 is 16.0 Å². The third-order valence-electron chi connectivity index (χ3n) is 3.90. The van der Waals surface area contributed by atoms with Crippen molar-refractivity contribution in [3.05, 3.63) is 11.3 Å². The van der Waals surface area contributed by atoms with Crippen molar-refractivity contribution in [2.45, 2.75) is 38.6 Å². The van der Waals surface area contributed by atoms with E-state index in [9.17, 15) is 4.79 Å². The Bertz CT molecular complexity index is 417. The van der Waals surface area contributed by atoms with Gasteiger partial charge in [0.15, 0.2) is 5.82 Å². The van der Waals surface area contributed by atoms with Crippen LogP contribution < -0.4 is 11.1 Å². The maximum Gasteiger partial charge on any atom is 0.256 e. The van der Waals surface area contributed by atoms with Gasteiger partial charge in [-0.15, -0.1) is 0 Å². The van der Waals surface area contributed by atoms with Crippen LogP contribution in [-0.2, 0) is 0 Å². The van der Waals surface area contributed by atoms with Crippen molar-refractivity contribution in [3.8, 4) is 0 Å². The normalized spacial score (nSPS) is 16.2. The van der Waals surface area contributed by atoms with E-state index in [4.69, 9.17) is 5.73 Å². The Morgan fingerprint density at radius 3 is 2.79 bits per heavy atom. The number of nitrogens with zero attached hydrogens (tertiary/aromatic N) is 2. The highest BCUT2D eigenvalue weighted by molar-refractivity contribution is 5.99. The molecule has 19 heavy (non-hydrogen) atoms. The zero-order chi connectivity index (χ0) is 13.8. The molecule has 6 nitrogen and oxygen atoms in total. The van der Waals surface area contributed by atoms with E-state index < -0.39 is 0 Å². The molecule has 6 heteroatoms. The molecule has 1 heterocycles. The first-order valence-corrected chi connectivity index (χ1v) is 6.88. The first-order chi connectivity index (χ1) is 9.09. The fraction of sp³-hybridized carbons (Fsp3) is 0.692. The van der Waals surface area contributed by atoms with Gasteiger partial charge in [-0.1, -0.05) is 12.8 Å². The number of aromatic amines is 1. The molecule has 0 aliphatic heterocycles. The Morgan fingerprint density at radius 2 is 2.21 bits per heavy atom. The van der Waals surface area contributed by atoms with E-state index in [2.05, 4.69) is 27.5 Å². The van der Waals surface area contributed by atoms with E-state index in [-0.39, 0.29) is 11.7 Å². The molecule has 0 bridgehead atoms. The summed E-state index contributed by atoms with van der Waals surface area (Å²) in [4.78, 5) is 14.3. The van der Waals surface area contributed by atoms with Crippen LogP contribution in [0.3, 0.4) is 0 Å². The third kappa shape index (κ3) is 3.26. The number of H-pyrrole nitrogens is 1. The highest BCUT2D eigenvalue weighted by Gasteiger charge is 2.20. The van der Waals surface area contributed by atoms with Gasteiger partial charge in [0.25, 0.3) is 5.91 Å². The van der Waals surface area contributed by atoms with E-state index in [1.54, 1.807) is 6.92 Å². The number of nitrogens with two attached hydrogens (primary N) is 1. The summed E-state index contributed by atoms with van der Waals surface area (Å²) in [5, 5.41) is 9.44. The average Bonchev–Trinajstić information content (AvgIpc) is 2.99. The lowest BCUT2D eigenvalue weighted by atomic mass is 10.2. The van der Waals surface area contributed by atoms with Gasteiger partial charge in [-0.2, -0.15) is 5.10 Å². The van der Waals surface area contributed by atoms with E-state index in [1.165, 1.54) is 25.7 Å². The Morgan fingerprint density at radius 1 is 1.53 bits per heavy atom. The number of nitrogen functional groups attached to an aromatic ring is 1. The molecule has 0 atom stereocenters. The van der Waals surface area contributed by atoms with Gasteiger partial charge >= 0.3 is 0 Å². The van der Waals surface area contributed by atoms with Crippen molar-refractivity contribution in [3.63, 3.8) is 0 Å². The average molecular weight is 265 g/mol. The number of carbonyl (C=O) groups is 1. The van der Waals surface area contributed by atoms with Crippen LogP contribution in [0.5, 0.6) is 0 Å². The third-order valence-corrected chi connectivity index (χ3v) is 3.90. The summed E-state index contributed by atoms with van der Waals surface area (Å²) in [6, 6.07) is 0.678. The molecule has 1 saturated carbocycles. The molecule has 0 aromatic carbocycles. The van der Waals surface area contributed by atoms with Crippen LogP contribution in [0.15, 0.2) is 0 Å². The lowest BCUT2D eigenvalue weighted by Crippen LogP contribution is -2.37. The van der Waals surface area contributed by atoms with Crippen molar-refractivity contribution in [2.24, 2.45) is 0 Å². The molecule has 1 amide bonds. The van der Waals surface area contributed by atoms with E-state index in [0.29, 0.717) is 23.8 Å². The van der Waals surface area contributed by atoms with Crippen LogP contribution in [0.1, 0.15) is 41.7 Å². The van der Waals surface area contributed by atoms with Crippen molar-refractivity contribution in [1.29, 1.82) is 0 Å². The minimum Gasteiger partial charge on any atom is -0.382 e. The number of hydrogen-bond acceptors (Lipinski definition) is 4. The molecule has 0 unspecified atom stereocenters. The molecular formula is C13H23N5O. The largest absolute Gasteiger partial charge is 0.382 e. The number of aromatic nitrogens is 2. The topological polar surface area (TPSA) is 87.0 Å². The van der Waals surface area contributed by atoms with E-state index in [1.807, 2.05) is 0 Å². The predicted octanol–water partition coefficient (Wildman–Crippen LogP) is 0.905. The van der Waals surface area contributed by atoms with Crippen LogP contribution >= 0.6 is 0 Å². The number of aryl methyl sites for hydroxylation is 1. The SMILES string of the molecule is Cc1[nH]nc(N)c1C(=O)NCCN(C)C1CCCC1. The first-order valence-electron chi connectivity index (χ1n) is 6.88. The minimum absolute atomic E-state index is 0.149. The Balaban J connectivity index is 1.78. The zero-order valence-electron chi connectivity index (χ0n) is 11.7. The van der Waals surface area contributed by atoms with Crippen molar-refractivity contribution < 1.29 is 4.79 Å². The molecule has 2 rings (SSSR count). The summed E-state index contributed by atoms with van der Waals surface area (Å²) in [6.07, 6.45) is 5.20. The zero-order valence-corrected chi connectivity index (χ0v) is 11.7. The van der Waals surface area contributed by atoms with Crippen molar-refractivity contribution >= 4 is 11.7 Å². The van der Waals surface area contributed by atoms with Crippen molar-refractivity contribution in [1.82, 2.24) is 20.4 Å². The highest BCUT2D eigenvalue weighted by Crippen LogP contribution is 2.21. The molecule has 4 N–H and O–H groups in total. The molecule has 0 saturated heterocycles. The standard InChI is InChI=1S/C13H23N5O/c1-9-11(12(14)17-16-9)13(19)15-7-8-18(2)10-5-3-4-6-10/h10H,3-8H2,1-2H3,(H,15,19)(H3,14,16,17). The first kappa shape index (κ1) is 13.9. The van der Waals surface area contributed by atoms with Gasteiger partial charge in [0, 0.05) is 24.8 Å². The second-order valence-corrected chi connectivity index (χ2v) is 5.28. The molecule has 1 aliphatic rings. The molecule has 0 spiro atoms. The van der Waals surface area contributed by atoms with Crippen LogP contribution in [-0.4, -0.2) is 47.2 Å². The Labute approximate surface area is 113 Å². The lowest BCUT2D eigenvalue weighted by Gasteiger charge is -2.23. The summed E-state index contributed by atoms with van der Waals surface area (Å²) in [7, 11) is 2.12. The second-order valence-electron chi connectivity index (χ2n) is 5.28. The van der Waals surface area contributed by atoms with Gasteiger partial charge in [0.05, 0.1) is 0 Å². The van der Waals surface area contributed by atoms with E-state index >= 15 is 0 Å². The van der Waals surface area contributed by atoms with Gasteiger partial charge in [-0.25, -0.2) is 0 Å². The summed E-state index contributed by atoms with van der Waals surface area (Å²) in [6.45, 7) is 3.30.